The highest BCUT2D eigenvalue weighted by atomic mass is 16.5. The SMILES string of the molecule is COc1nc(OC)c2c(c1C#N)CCC=C2. The number of hydrogen-bond donors (Lipinski definition) is 0. The average molecular weight is 216 g/mol. The summed E-state index contributed by atoms with van der Waals surface area (Å²) < 4.78 is 10.3. The lowest BCUT2D eigenvalue weighted by atomic mass is 9.94. The average Bonchev–Trinajstić information content (AvgIpc) is 2.36. The van der Waals surface area contributed by atoms with Crippen LogP contribution in [0, 0.1) is 11.3 Å². The molecule has 0 atom stereocenters. The Bertz CT molecular complexity index is 487. The Balaban J connectivity index is 2.72. The Morgan fingerprint density at radius 1 is 1.31 bits per heavy atom. The molecule has 0 N–H and O–H groups in total. The van der Waals surface area contributed by atoms with Gasteiger partial charge in [0.2, 0.25) is 11.8 Å². The number of pyridine rings is 1. The summed E-state index contributed by atoms with van der Waals surface area (Å²) in [5.41, 5.74) is 2.38. The monoisotopic (exact) mass is 216 g/mol. The van der Waals surface area contributed by atoms with Gasteiger partial charge in [-0.3, -0.25) is 0 Å². The fourth-order valence-corrected chi connectivity index (χ4v) is 1.88. The summed E-state index contributed by atoms with van der Waals surface area (Å²) in [5, 5.41) is 9.13. The van der Waals surface area contributed by atoms with E-state index in [1.807, 2.05) is 6.08 Å². The first-order valence-electron chi connectivity index (χ1n) is 5.03. The Kier molecular flexibility index (Phi) is 2.78. The zero-order valence-corrected chi connectivity index (χ0v) is 9.28. The molecule has 0 bridgehead atoms. The minimum Gasteiger partial charge on any atom is -0.480 e. The van der Waals surface area contributed by atoms with Crippen LogP contribution < -0.4 is 9.47 Å². The van der Waals surface area contributed by atoms with Crippen LogP contribution in [0.25, 0.3) is 6.08 Å². The van der Waals surface area contributed by atoms with Crippen LogP contribution in [0.2, 0.25) is 0 Å². The van der Waals surface area contributed by atoms with Gasteiger partial charge >= 0.3 is 0 Å². The minimum atomic E-state index is 0.341. The van der Waals surface area contributed by atoms with Gasteiger partial charge in [0.05, 0.1) is 14.2 Å². The van der Waals surface area contributed by atoms with E-state index in [9.17, 15) is 0 Å². The van der Waals surface area contributed by atoms with E-state index in [0.29, 0.717) is 17.3 Å². The second-order valence-electron chi connectivity index (χ2n) is 3.45. The first-order valence-corrected chi connectivity index (χ1v) is 5.03. The molecule has 1 aliphatic rings. The normalized spacial score (nSPS) is 12.8. The third-order valence-electron chi connectivity index (χ3n) is 2.62. The summed E-state index contributed by atoms with van der Waals surface area (Å²) in [4.78, 5) is 4.18. The molecule has 82 valence electrons. The van der Waals surface area contributed by atoms with Crippen molar-refractivity contribution in [2.24, 2.45) is 0 Å². The number of allylic oxidation sites excluding steroid dienone is 1. The topological polar surface area (TPSA) is 55.1 Å². The molecule has 4 heteroatoms. The predicted molar refractivity (Wildman–Crippen MR) is 59.4 cm³/mol. The standard InChI is InChI=1S/C12H12N2O2/c1-15-11-9-6-4-3-5-8(9)10(7-13)12(14-11)16-2/h4,6H,3,5H2,1-2H3. The molecule has 1 aromatic rings. The van der Waals surface area contributed by atoms with Crippen LogP contribution in [0.3, 0.4) is 0 Å². The van der Waals surface area contributed by atoms with Crippen molar-refractivity contribution in [1.82, 2.24) is 4.98 Å². The Labute approximate surface area is 94.1 Å². The number of fused-ring (bicyclic) bond motifs is 1. The first kappa shape index (κ1) is 10.5. The Morgan fingerprint density at radius 3 is 2.69 bits per heavy atom. The predicted octanol–water partition coefficient (Wildman–Crippen LogP) is 1.93. The zero-order chi connectivity index (χ0) is 11.5. The molecule has 2 rings (SSSR count). The molecule has 0 amide bonds. The fraction of sp³-hybridized carbons (Fsp3) is 0.333. The van der Waals surface area contributed by atoms with Crippen molar-refractivity contribution < 1.29 is 9.47 Å². The quantitative estimate of drug-likeness (QED) is 0.758. The van der Waals surface area contributed by atoms with Crippen LogP contribution in [0.15, 0.2) is 6.08 Å². The smallest absolute Gasteiger partial charge is 0.235 e. The van der Waals surface area contributed by atoms with Crippen molar-refractivity contribution in [2.75, 3.05) is 14.2 Å². The van der Waals surface area contributed by atoms with Crippen molar-refractivity contribution in [3.63, 3.8) is 0 Å². The highest BCUT2D eigenvalue weighted by molar-refractivity contribution is 5.66. The van der Waals surface area contributed by atoms with Gasteiger partial charge in [0.1, 0.15) is 11.6 Å². The number of ether oxygens (including phenoxy) is 2. The number of nitriles is 1. The molecule has 1 aromatic heterocycles. The van der Waals surface area contributed by atoms with Crippen molar-refractivity contribution in [3.8, 4) is 17.8 Å². The van der Waals surface area contributed by atoms with Crippen LogP contribution in [0.1, 0.15) is 23.1 Å². The van der Waals surface area contributed by atoms with Gasteiger partial charge in [0, 0.05) is 5.56 Å². The van der Waals surface area contributed by atoms with Gasteiger partial charge in [-0.05, 0) is 18.4 Å². The molecule has 0 aromatic carbocycles. The molecule has 0 radical (unpaired) electrons. The van der Waals surface area contributed by atoms with E-state index in [2.05, 4.69) is 17.1 Å². The molecule has 1 heterocycles. The van der Waals surface area contributed by atoms with E-state index < -0.39 is 0 Å². The summed E-state index contributed by atoms with van der Waals surface area (Å²) in [5.74, 6) is 0.857. The molecule has 1 aliphatic carbocycles. The highest BCUT2D eigenvalue weighted by Gasteiger charge is 2.20. The third-order valence-corrected chi connectivity index (χ3v) is 2.62. The van der Waals surface area contributed by atoms with Crippen LogP contribution in [0.5, 0.6) is 11.8 Å². The van der Waals surface area contributed by atoms with Crippen molar-refractivity contribution >= 4 is 6.08 Å². The molecule has 16 heavy (non-hydrogen) atoms. The maximum Gasteiger partial charge on any atom is 0.235 e. The molecule has 0 aliphatic heterocycles. The van der Waals surface area contributed by atoms with Gasteiger partial charge in [0.15, 0.2) is 0 Å². The van der Waals surface area contributed by atoms with Crippen LogP contribution in [-0.2, 0) is 6.42 Å². The van der Waals surface area contributed by atoms with E-state index >= 15 is 0 Å². The summed E-state index contributed by atoms with van der Waals surface area (Å²) in [6, 6.07) is 2.15. The molecule has 0 spiro atoms. The third kappa shape index (κ3) is 1.50. The van der Waals surface area contributed by atoms with E-state index in [4.69, 9.17) is 14.7 Å². The van der Waals surface area contributed by atoms with Crippen molar-refractivity contribution in [3.05, 3.63) is 22.8 Å². The highest BCUT2D eigenvalue weighted by Crippen LogP contribution is 2.33. The van der Waals surface area contributed by atoms with Gasteiger partial charge < -0.3 is 9.47 Å². The Hall–Kier alpha value is -2.02. The summed E-state index contributed by atoms with van der Waals surface area (Å²) in [6.45, 7) is 0. The van der Waals surface area contributed by atoms with Gasteiger partial charge in [0.25, 0.3) is 0 Å². The first-order chi connectivity index (χ1) is 7.81. The number of hydrogen-bond acceptors (Lipinski definition) is 4. The van der Waals surface area contributed by atoms with Gasteiger partial charge in [-0.25, -0.2) is 0 Å². The summed E-state index contributed by atoms with van der Waals surface area (Å²) in [6.07, 6.45) is 5.76. The van der Waals surface area contributed by atoms with E-state index in [1.54, 1.807) is 7.11 Å². The maximum absolute atomic E-state index is 9.13. The molecule has 0 unspecified atom stereocenters. The minimum absolute atomic E-state index is 0.341. The molecular formula is C12H12N2O2. The number of nitrogens with zero attached hydrogens (tertiary/aromatic N) is 2. The van der Waals surface area contributed by atoms with Crippen LogP contribution >= 0.6 is 0 Å². The van der Waals surface area contributed by atoms with E-state index in [0.717, 1.165) is 24.0 Å². The van der Waals surface area contributed by atoms with Gasteiger partial charge in [-0.15, -0.1) is 0 Å². The molecule has 0 saturated heterocycles. The van der Waals surface area contributed by atoms with E-state index in [-0.39, 0.29) is 0 Å². The lowest BCUT2D eigenvalue weighted by Gasteiger charge is -2.16. The zero-order valence-electron chi connectivity index (χ0n) is 9.28. The molecule has 0 saturated carbocycles. The Morgan fingerprint density at radius 2 is 2.06 bits per heavy atom. The number of rotatable bonds is 2. The number of methoxy groups -OCH3 is 2. The lowest BCUT2D eigenvalue weighted by molar-refractivity contribution is 0.362. The summed E-state index contributed by atoms with van der Waals surface area (Å²) in [7, 11) is 3.07. The van der Waals surface area contributed by atoms with Gasteiger partial charge in [-0.2, -0.15) is 10.2 Å². The van der Waals surface area contributed by atoms with Crippen LogP contribution in [-0.4, -0.2) is 19.2 Å². The van der Waals surface area contributed by atoms with E-state index in [1.165, 1.54) is 7.11 Å². The maximum atomic E-state index is 9.13. The molecular weight excluding hydrogens is 204 g/mol. The largest absolute Gasteiger partial charge is 0.480 e. The number of aromatic nitrogens is 1. The van der Waals surface area contributed by atoms with Crippen molar-refractivity contribution in [1.29, 1.82) is 5.26 Å². The summed E-state index contributed by atoms with van der Waals surface area (Å²) >= 11 is 0. The van der Waals surface area contributed by atoms with Crippen molar-refractivity contribution in [2.45, 2.75) is 12.8 Å². The lowest BCUT2D eigenvalue weighted by Crippen LogP contribution is -2.06. The second kappa shape index (κ2) is 4.23. The molecule has 4 nitrogen and oxygen atoms in total. The van der Waals surface area contributed by atoms with Crippen LogP contribution in [0.4, 0.5) is 0 Å². The molecule has 0 fully saturated rings. The fourth-order valence-electron chi connectivity index (χ4n) is 1.88. The second-order valence-corrected chi connectivity index (χ2v) is 3.45. The van der Waals surface area contributed by atoms with Gasteiger partial charge in [-0.1, -0.05) is 12.2 Å².